The third-order valence-corrected chi connectivity index (χ3v) is 8.58. The van der Waals surface area contributed by atoms with E-state index in [0.29, 0.717) is 58.3 Å². The van der Waals surface area contributed by atoms with Crippen molar-refractivity contribution in [1.29, 1.82) is 0 Å². The van der Waals surface area contributed by atoms with E-state index in [1.54, 1.807) is 23.2 Å². The van der Waals surface area contributed by atoms with Gasteiger partial charge in [-0.05, 0) is 69.9 Å². The fourth-order valence-electron chi connectivity index (χ4n) is 6.27. The fourth-order valence-corrected chi connectivity index (χ4v) is 6.56. The second-order valence-corrected chi connectivity index (χ2v) is 13.5. The first-order chi connectivity index (χ1) is 21.3. The lowest BCUT2D eigenvalue weighted by Gasteiger charge is -2.41. The molecule has 45 heavy (non-hydrogen) atoms. The molecule has 6 rings (SSSR count). The number of ether oxygens (including phenoxy) is 2. The summed E-state index contributed by atoms with van der Waals surface area (Å²) < 4.78 is 29.8. The van der Waals surface area contributed by atoms with E-state index in [4.69, 9.17) is 21.1 Å². The van der Waals surface area contributed by atoms with Crippen molar-refractivity contribution >= 4 is 34.4 Å². The van der Waals surface area contributed by atoms with Crippen LogP contribution in [0.1, 0.15) is 64.3 Å². The number of fused-ring (bicyclic) bond motifs is 5. The van der Waals surface area contributed by atoms with Crippen molar-refractivity contribution in [2.24, 2.45) is 0 Å². The molecule has 2 aliphatic heterocycles. The highest BCUT2D eigenvalue weighted by atomic mass is 35.5. The summed E-state index contributed by atoms with van der Waals surface area (Å²) in [7, 11) is 0. The van der Waals surface area contributed by atoms with Crippen LogP contribution in [0.15, 0.2) is 41.3 Å². The van der Waals surface area contributed by atoms with Crippen LogP contribution in [0, 0.1) is 12.7 Å². The van der Waals surface area contributed by atoms with Crippen LogP contribution in [0.4, 0.5) is 15.0 Å². The number of anilines is 1. The first-order valence-corrected chi connectivity index (χ1v) is 15.5. The number of amides is 1. The predicted molar refractivity (Wildman–Crippen MR) is 173 cm³/mol. The molecule has 2 aromatic heterocycles. The molecule has 4 aromatic rings. The summed E-state index contributed by atoms with van der Waals surface area (Å²) in [5, 5.41) is 0.808. The van der Waals surface area contributed by atoms with Crippen LogP contribution in [-0.2, 0) is 11.3 Å². The van der Waals surface area contributed by atoms with Crippen LogP contribution in [0.25, 0.3) is 27.7 Å². The minimum atomic E-state index is -0.628. The summed E-state index contributed by atoms with van der Waals surface area (Å²) in [6.45, 7) is 14.6. The summed E-state index contributed by atoms with van der Waals surface area (Å²) in [5.74, 6) is -0.00323. The molecule has 2 aromatic carbocycles. The van der Waals surface area contributed by atoms with Crippen molar-refractivity contribution in [3.63, 3.8) is 0 Å². The molecule has 1 atom stereocenters. The van der Waals surface area contributed by atoms with Crippen LogP contribution < -0.4 is 15.3 Å². The van der Waals surface area contributed by atoms with Crippen molar-refractivity contribution in [2.75, 3.05) is 24.5 Å². The van der Waals surface area contributed by atoms with E-state index in [9.17, 15) is 9.59 Å². The normalized spacial score (nSPS) is 16.4. The number of carbonyl (C=O) groups is 1. The molecule has 0 spiro atoms. The Balaban J connectivity index is 1.61. The number of rotatable bonds is 3. The van der Waals surface area contributed by atoms with Gasteiger partial charge < -0.3 is 19.3 Å². The monoisotopic (exact) mass is 633 g/mol. The van der Waals surface area contributed by atoms with E-state index in [0.717, 1.165) is 11.1 Å². The van der Waals surface area contributed by atoms with Gasteiger partial charge in [0.15, 0.2) is 5.75 Å². The third kappa shape index (κ3) is 5.39. The van der Waals surface area contributed by atoms with E-state index in [2.05, 4.69) is 9.97 Å². The molecule has 2 aliphatic rings. The number of aromatic nitrogens is 3. The van der Waals surface area contributed by atoms with Gasteiger partial charge in [-0.1, -0.05) is 37.6 Å². The summed E-state index contributed by atoms with van der Waals surface area (Å²) >= 11 is 6.66. The van der Waals surface area contributed by atoms with Crippen molar-refractivity contribution in [1.82, 2.24) is 19.4 Å². The van der Waals surface area contributed by atoms with Gasteiger partial charge in [0.1, 0.15) is 29.4 Å². The van der Waals surface area contributed by atoms with E-state index < -0.39 is 23.2 Å². The van der Waals surface area contributed by atoms with Crippen molar-refractivity contribution < 1.29 is 18.7 Å². The summed E-state index contributed by atoms with van der Waals surface area (Å²) in [4.78, 5) is 40.0. The zero-order chi connectivity index (χ0) is 32.4. The second-order valence-electron chi connectivity index (χ2n) is 13.1. The van der Waals surface area contributed by atoms with Crippen molar-refractivity contribution in [3.05, 3.63) is 74.7 Å². The molecule has 4 heterocycles. The zero-order valence-corrected chi connectivity index (χ0v) is 27.3. The summed E-state index contributed by atoms with van der Waals surface area (Å²) in [6, 6.07) is 8.39. The zero-order valence-electron chi connectivity index (χ0n) is 26.6. The first-order valence-electron chi connectivity index (χ1n) is 15.2. The Morgan fingerprint density at radius 3 is 2.62 bits per heavy atom. The average Bonchev–Trinajstić information content (AvgIpc) is 2.96. The molecule has 0 radical (unpaired) electrons. The Morgan fingerprint density at radius 2 is 1.93 bits per heavy atom. The molecular formula is C34H37ClFN5O4. The van der Waals surface area contributed by atoms with Crippen molar-refractivity contribution in [2.45, 2.75) is 72.6 Å². The van der Waals surface area contributed by atoms with Crippen LogP contribution in [0.5, 0.6) is 5.75 Å². The molecule has 0 N–H and O–H groups in total. The molecule has 0 bridgehead atoms. The first kappa shape index (κ1) is 30.8. The molecular weight excluding hydrogens is 597 g/mol. The van der Waals surface area contributed by atoms with E-state index in [1.165, 1.54) is 10.6 Å². The number of carbonyl (C=O) groups excluding carboxylic acids is 1. The molecule has 0 aliphatic carbocycles. The van der Waals surface area contributed by atoms with Gasteiger partial charge >= 0.3 is 11.8 Å². The fraction of sp³-hybridized carbons (Fsp3) is 0.412. The lowest BCUT2D eigenvalue weighted by atomic mass is 9.94. The number of hydrogen-bond acceptors (Lipinski definition) is 7. The average molecular weight is 634 g/mol. The molecule has 9 nitrogen and oxygen atoms in total. The van der Waals surface area contributed by atoms with E-state index >= 15 is 4.39 Å². The van der Waals surface area contributed by atoms with Gasteiger partial charge in [-0.3, -0.25) is 9.55 Å². The standard InChI is InChI=1S/C34H37ClFN5O4/c1-18(2)27-28(19(3)11-12-37-27)41-29-22(15-24(36)26-25-21(17-44-30(26)29)9-8-10-23(25)35)31(38-32(41)42)40-14-13-39(16-20(40)4)33(43)45-34(5,6)7/h8-12,15,18,20H,13-14,16-17H2,1-7H3/t20-/m0/s1. The Morgan fingerprint density at radius 1 is 1.18 bits per heavy atom. The lowest BCUT2D eigenvalue weighted by molar-refractivity contribution is 0.0218. The summed E-state index contributed by atoms with van der Waals surface area (Å²) in [5.41, 5.74) is 2.84. The highest BCUT2D eigenvalue weighted by Crippen LogP contribution is 2.48. The predicted octanol–water partition coefficient (Wildman–Crippen LogP) is 7.01. The molecule has 1 amide bonds. The smallest absolute Gasteiger partial charge is 0.410 e. The Hall–Kier alpha value is -4.18. The minimum Gasteiger partial charge on any atom is -0.486 e. The topological polar surface area (TPSA) is 89.8 Å². The Labute approximate surface area is 266 Å². The molecule has 0 unspecified atom stereocenters. The highest BCUT2D eigenvalue weighted by Gasteiger charge is 2.35. The number of hydrogen-bond donors (Lipinski definition) is 0. The van der Waals surface area contributed by atoms with Crippen LogP contribution in [-0.4, -0.2) is 56.8 Å². The largest absolute Gasteiger partial charge is 0.486 e. The highest BCUT2D eigenvalue weighted by molar-refractivity contribution is 6.33. The maximum absolute atomic E-state index is 16.4. The van der Waals surface area contributed by atoms with Crippen molar-refractivity contribution in [3.8, 4) is 22.6 Å². The molecule has 1 saturated heterocycles. The van der Waals surface area contributed by atoms with Gasteiger partial charge in [0.05, 0.1) is 16.9 Å². The third-order valence-electron chi connectivity index (χ3n) is 8.26. The quantitative estimate of drug-likeness (QED) is 0.240. The summed E-state index contributed by atoms with van der Waals surface area (Å²) in [6.07, 6.45) is 1.32. The number of benzene rings is 2. The molecule has 0 saturated carbocycles. The number of halogens is 2. The van der Waals surface area contributed by atoms with Crippen LogP contribution in [0.3, 0.4) is 0 Å². The Kier molecular flexibility index (Phi) is 7.75. The molecule has 1 fully saturated rings. The SMILES string of the molecule is Cc1ccnc(C(C)C)c1-n1c(=O)nc(N2CCN(C(=O)OC(C)(C)C)C[C@@H]2C)c2cc(F)c3c(c21)OCc1cccc(Cl)c1-3. The molecule has 11 heteroatoms. The lowest BCUT2D eigenvalue weighted by Crippen LogP contribution is -2.55. The maximum atomic E-state index is 16.4. The second kappa shape index (κ2) is 11.3. The molecule has 236 valence electrons. The number of nitrogens with zero attached hydrogens (tertiary/aromatic N) is 5. The van der Waals surface area contributed by atoms with Gasteiger partial charge in [-0.15, -0.1) is 0 Å². The number of aryl methyl sites for hydroxylation is 1. The number of pyridine rings is 1. The van der Waals surface area contributed by atoms with E-state index in [-0.39, 0.29) is 29.9 Å². The number of piperazine rings is 1. The van der Waals surface area contributed by atoms with Gasteiger partial charge in [-0.2, -0.15) is 4.98 Å². The van der Waals surface area contributed by atoms with Gasteiger partial charge in [0, 0.05) is 47.8 Å². The van der Waals surface area contributed by atoms with Gasteiger partial charge in [-0.25, -0.2) is 14.0 Å². The van der Waals surface area contributed by atoms with Crippen LogP contribution >= 0.6 is 11.6 Å². The van der Waals surface area contributed by atoms with Gasteiger partial charge in [0.25, 0.3) is 0 Å². The van der Waals surface area contributed by atoms with E-state index in [1.807, 2.05) is 65.5 Å². The van der Waals surface area contributed by atoms with Gasteiger partial charge in [0.2, 0.25) is 0 Å². The Bertz CT molecular complexity index is 1900. The van der Waals surface area contributed by atoms with Crippen LogP contribution in [0.2, 0.25) is 5.02 Å². The minimum absolute atomic E-state index is 0.0187. The maximum Gasteiger partial charge on any atom is 0.410 e.